The number of hydrogen-bond acceptors (Lipinski definition) is 1. The summed E-state index contributed by atoms with van der Waals surface area (Å²) < 4.78 is 0. The van der Waals surface area contributed by atoms with Gasteiger partial charge in [0.2, 0.25) is 0 Å². The Kier molecular flexibility index (Phi) is 6.99. The molecule has 0 saturated heterocycles. The summed E-state index contributed by atoms with van der Waals surface area (Å²) in [6.45, 7) is 4.21. The van der Waals surface area contributed by atoms with E-state index < -0.39 is 0 Å². The first-order valence-electron chi connectivity index (χ1n) is 5.16. The fourth-order valence-corrected chi connectivity index (χ4v) is 1.89. The normalized spacial score (nSPS) is 12.0. The molecule has 1 nitrogen and oxygen atoms in total. The van der Waals surface area contributed by atoms with E-state index in [1.54, 1.807) is 0 Å². The highest BCUT2D eigenvalue weighted by Crippen LogP contribution is 2.25. The van der Waals surface area contributed by atoms with Gasteiger partial charge in [-0.15, -0.1) is 12.4 Å². The maximum atomic E-state index is 6.12. The molecule has 1 rings (SSSR count). The van der Waals surface area contributed by atoms with Crippen molar-refractivity contribution in [3.8, 4) is 0 Å². The van der Waals surface area contributed by atoms with Crippen molar-refractivity contribution in [2.75, 3.05) is 0 Å². The third-order valence-corrected chi connectivity index (χ3v) is 2.75. The van der Waals surface area contributed by atoms with Crippen molar-refractivity contribution in [3.63, 3.8) is 0 Å². The lowest BCUT2D eigenvalue weighted by Crippen LogP contribution is -2.10. The SMILES string of the molecule is CCCCC(N)c1ccc(C)cc1Cl.Cl. The van der Waals surface area contributed by atoms with Gasteiger partial charge in [0.05, 0.1) is 0 Å². The molecule has 1 atom stereocenters. The second-order valence-corrected chi connectivity index (χ2v) is 4.18. The topological polar surface area (TPSA) is 26.0 Å². The van der Waals surface area contributed by atoms with Crippen molar-refractivity contribution in [3.05, 3.63) is 34.3 Å². The lowest BCUT2D eigenvalue weighted by Gasteiger charge is -2.13. The molecule has 0 aliphatic rings. The Bertz CT molecular complexity index is 300. The van der Waals surface area contributed by atoms with Crippen LogP contribution in [-0.2, 0) is 0 Å². The fraction of sp³-hybridized carbons (Fsp3) is 0.500. The molecule has 0 heterocycles. The minimum Gasteiger partial charge on any atom is -0.324 e. The molecule has 1 aromatic rings. The van der Waals surface area contributed by atoms with E-state index in [-0.39, 0.29) is 18.4 Å². The molecule has 0 bridgehead atoms. The fourth-order valence-electron chi connectivity index (χ4n) is 1.51. The Labute approximate surface area is 103 Å². The molecule has 1 aromatic carbocycles. The van der Waals surface area contributed by atoms with Crippen molar-refractivity contribution < 1.29 is 0 Å². The van der Waals surface area contributed by atoms with E-state index in [0.29, 0.717) is 0 Å². The maximum absolute atomic E-state index is 6.12. The summed E-state index contributed by atoms with van der Waals surface area (Å²) in [5, 5.41) is 0.800. The van der Waals surface area contributed by atoms with Crippen LogP contribution in [0.25, 0.3) is 0 Å². The van der Waals surface area contributed by atoms with Gasteiger partial charge in [-0.1, -0.05) is 43.5 Å². The zero-order chi connectivity index (χ0) is 10.6. The van der Waals surface area contributed by atoms with Gasteiger partial charge in [-0.05, 0) is 30.5 Å². The lowest BCUT2D eigenvalue weighted by atomic mass is 10.0. The molecule has 0 radical (unpaired) electrons. The zero-order valence-electron chi connectivity index (χ0n) is 9.29. The Hall–Kier alpha value is -0.240. The van der Waals surface area contributed by atoms with E-state index in [4.69, 9.17) is 17.3 Å². The van der Waals surface area contributed by atoms with Crippen LogP contribution in [-0.4, -0.2) is 0 Å². The molecule has 0 aliphatic heterocycles. The van der Waals surface area contributed by atoms with Gasteiger partial charge < -0.3 is 5.73 Å². The highest BCUT2D eigenvalue weighted by atomic mass is 35.5. The molecule has 0 fully saturated rings. The second-order valence-electron chi connectivity index (χ2n) is 3.77. The van der Waals surface area contributed by atoms with E-state index in [2.05, 4.69) is 13.0 Å². The molecule has 0 spiro atoms. The lowest BCUT2D eigenvalue weighted by molar-refractivity contribution is 0.603. The number of rotatable bonds is 4. The highest BCUT2D eigenvalue weighted by Gasteiger charge is 2.09. The van der Waals surface area contributed by atoms with Crippen molar-refractivity contribution in [2.45, 2.75) is 39.2 Å². The van der Waals surface area contributed by atoms with Crippen molar-refractivity contribution in [2.24, 2.45) is 5.73 Å². The standard InChI is InChI=1S/C12H18ClN.ClH/c1-3-4-5-12(14)10-7-6-9(2)8-11(10)13;/h6-8,12H,3-5,14H2,1-2H3;1H. The molecule has 2 N–H and O–H groups in total. The third-order valence-electron chi connectivity index (χ3n) is 2.42. The van der Waals surface area contributed by atoms with E-state index in [1.165, 1.54) is 12.0 Å². The predicted molar refractivity (Wildman–Crippen MR) is 69.9 cm³/mol. The number of unbranched alkanes of at least 4 members (excludes halogenated alkanes) is 1. The van der Waals surface area contributed by atoms with E-state index in [9.17, 15) is 0 Å². The summed E-state index contributed by atoms with van der Waals surface area (Å²) in [6.07, 6.45) is 3.35. The number of nitrogens with two attached hydrogens (primary N) is 1. The third kappa shape index (κ3) is 4.42. The van der Waals surface area contributed by atoms with Crippen LogP contribution >= 0.6 is 24.0 Å². The summed E-state index contributed by atoms with van der Waals surface area (Å²) in [6, 6.07) is 6.16. The Morgan fingerprint density at radius 3 is 2.60 bits per heavy atom. The molecule has 0 amide bonds. The number of aryl methyl sites for hydroxylation is 1. The first kappa shape index (κ1) is 14.8. The monoisotopic (exact) mass is 247 g/mol. The molecule has 1 unspecified atom stereocenters. The minimum atomic E-state index is 0. The smallest absolute Gasteiger partial charge is 0.0456 e. The van der Waals surface area contributed by atoms with Gasteiger partial charge in [0.15, 0.2) is 0 Å². The minimum absolute atomic E-state index is 0. The van der Waals surface area contributed by atoms with Gasteiger partial charge >= 0.3 is 0 Å². The van der Waals surface area contributed by atoms with Gasteiger partial charge in [0, 0.05) is 11.1 Å². The molecule has 86 valence electrons. The summed E-state index contributed by atoms with van der Waals surface area (Å²) in [7, 11) is 0. The largest absolute Gasteiger partial charge is 0.324 e. The molecule has 0 aromatic heterocycles. The van der Waals surface area contributed by atoms with E-state index in [1.807, 2.05) is 19.1 Å². The van der Waals surface area contributed by atoms with Crippen LogP contribution in [0.1, 0.15) is 43.4 Å². The number of benzene rings is 1. The summed E-state index contributed by atoms with van der Waals surface area (Å²) in [5.41, 5.74) is 8.30. The molecular formula is C12H19Cl2N. The summed E-state index contributed by atoms with van der Waals surface area (Å²) in [4.78, 5) is 0. The van der Waals surface area contributed by atoms with E-state index in [0.717, 1.165) is 23.4 Å². The average molecular weight is 248 g/mol. The zero-order valence-corrected chi connectivity index (χ0v) is 10.9. The number of hydrogen-bond donors (Lipinski definition) is 1. The first-order valence-corrected chi connectivity index (χ1v) is 5.54. The predicted octanol–water partition coefficient (Wildman–Crippen LogP) is 4.26. The van der Waals surface area contributed by atoms with Gasteiger partial charge in [-0.2, -0.15) is 0 Å². The second kappa shape index (κ2) is 7.10. The quantitative estimate of drug-likeness (QED) is 0.846. The maximum Gasteiger partial charge on any atom is 0.0456 e. The van der Waals surface area contributed by atoms with Gasteiger partial charge in [-0.25, -0.2) is 0 Å². The Morgan fingerprint density at radius 1 is 1.40 bits per heavy atom. The van der Waals surface area contributed by atoms with Gasteiger partial charge in [0.25, 0.3) is 0 Å². The average Bonchev–Trinajstić information content (AvgIpc) is 2.14. The molecule has 3 heteroatoms. The highest BCUT2D eigenvalue weighted by molar-refractivity contribution is 6.31. The van der Waals surface area contributed by atoms with Crippen LogP contribution in [0.4, 0.5) is 0 Å². The molecule has 15 heavy (non-hydrogen) atoms. The van der Waals surface area contributed by atoms with Crippen LogP contribution in [0, 0.1) is 6.92 Å². The summed E-state index contributed by atoms with van der Waals surface area (Å²) in [5.74, 6) is 0. The Morgan fingerprint density at radius 2 is 2.07 bits per heavy atom. The van der Waals surface area contributed by atoms with Gasteiger partial charge in [-0.3, -0.25) is 0 Å². The van der Waals surface area contributed by atoms with Crippen molar-refractivity contribution >= 4 is 24.0 Å². The van der Waals surface area contributed by atoms with Crippen molar-refractivity contribution in [1.29, 1.82) is 0 Å². The van der Waals surface area contributed by atoms with Crippen LogP contribution in [0.15, 0.2) is 18.2 Å². The van der Waals surface area contributed by atoms with E-state index >= 15 is 0 Å². The first-order chi connectivity index (χ1) is 6.65. The molecular weight excluding hydrogens is 229 g/mol. The van der Waals surface area contributed by atoms with Crippen LogP contribution < -0.4 is 5.73 Å². The molecule has 0 aliphatic carbocycles. The van der Waals surface area contributed by atoms with Crippen LogP contribution in [0.3, 0.4) is 0 Å². The molecule has 0 saturated carbocycles. The van der Waals surface area contributed by atoms with Crippen molar-refractivity contribution in [1.82, 2.24) is 0 Å². The van der Waals surface area contributed by atoms with Crippen LogP contribution in [0.5, 0.6) is 0 Å². The summed E-state index contributed by atoms with van der Waals surface area (Å²) >= 11 is 6.12. The number of halogens is 2. The Balaban J connectivity index is 0.00000196. The van der Waals surface area contributed by atoms with Crippen LogP contribution in [0.2, 0.25) is 5.02 Å². The van der Waals surface area contributed by atoms with Gasteiger partial charge in [0.1, 0.15) is 0 Å².